The third-order valence-corrected chi connectivity index (χ3v) is 6.04. The molecule has 0 saturated carbocycles. The van der Waals surface area contributed by atoms with E-state index >= 15 is 0 Å². The maximum Gasteiger partial charge on any atom is 0.326 e. The van der Waals surface area contributed by atoms with Gasteiger partial charge in [0.2, 0.25) is 17.7 Å². The zero-order valence-electron chi connectivity index (χ0n) is 21.3. The maximum absolute atomic E-state index is 13.4. The summed E-state index contributed by atoms with van der Waals surface area (Å²) in [5, 5.41) is 31.9. The van der Waals surface area contributed by atoms with Gasteiger partial charge in [0.05, 0.1) is 31.0 Å². The van der Waals surface area contributed by atoms with Crippen LogP contribution in [0.4, 0.5) is 0 Å². The SMILES string of the molecule is CO[C@@H]1CCCN(C(=O)[C@H](CC(=O)O)NC(=O)[C@@H](N)CC(C)C)[C@@H]1CCC(=O)N[C@@H](CC(=O)O)C(=O)O. The van der Waals surface area contributed by atoms with Gasteiger partial charge in [0.25, 0.3) is 0 Å². The van der Waals surface area contributed by atoms with Gasteiger partial charge in [-0.15, -0.1) is 0 Å². The molecule has 1 saturated heterocycles. The number of carbonyl (C=O) groups excluding carboxylic acids is 3. The average molecular weight is 531 g/mol. The Bertz CT molecular complexity index is 849. The fourth-order valence-corrected chi connectivity index (χ4v) is 4.30. The van der Waals surface area contributed by atoms with Crippen LogP contribution in [0.1, 0.15) is 58.8 Å². The van der Waals surface area contributed by atoms with Crippen LogP contribution >= 0.6 is 0 Å². The van der Waals surface area contributed by atoms with Crippen molar-refractivity contribution < 1.29 is 48.8 Å². The fourth-order valence-electron chi connectivity index (χ4n) is 4.30. The van der Waals surface area contributed by atoms with E-state index in [-0.39, 0.29) is 25.3 Å². The number of likely N-dealkylation sites (tertiary alicyclic amines) is 1. The summed E-state index contributed by atoms with van der Waals surface area (Å²) in [5.74, 6) is -6.12. The molecule has 1 heterocycles. The molecule has 0 spiro atoms. The zero-order chi connectivity index (χ0) is 28.3. The Morgan fingerprint density at radius 3 is 2.11 bits per heavy atom. The molecule has 5 atom stereocenters. The van der Waals surface area contributed by atoms with Crippen molar-refractivity contribution in [3.8, 4) is 0 Å². The highest BCUT2D eigenvalue weighted by Crippen LogP contribution is 2.25. The Hall–Kier alpha value is -3.26. The number of nitrogens with two attached hydrogens (primary N) is 1. The molecular weight excluding hydrogens is 492 g/mol. The van der Waals surface area contributed by atoms with Gasteiger partial charge in [0.15, 0.2) is 0 Å². The number of nitrogens with zero attached hydrogens (tertiary/aromatic N) is 1. The molecule has 1 aliphatic rings. The number of hydrogen-bond donors (Lipinski definition) is 6. The first kappa shape index (κ1) is 31.8. The molecule has 14 nitrogen and oxygen atoms in total. The summed E-state index contributed by atoms with van der Waals surface area (Å²) in [6.45, 7) is 3.96. The average Bonchev–Trinajstić information content (AvgIpc) is 2.79. The number of carboxylic acid groups (broad SMARTS) is 3. The molecule has 1 rings (SSSR count). The Balaban J connectivity index is 3.02. The van der Waals surface area contributed by atoms with E-state index in [1.807, 2.05) is 13.8 Å². The van der Waals surface area contributed by atoms with Crippen molar-refractivity contribution in [3.05, 3.63) is 0 Å². The Kier molecular flexibility index (Phi) is 13.0. The first-order chi connectivity index (χ1) is 17.3. The lowest BCUT2D eigenvalue weighted by Gasteiger charge is -2.42. The number of hydrogen-bond acceptors (Lipinski definition) is 8. The monoisotopic (exact) mass is 530 g/mol. The molecule has 0 aromatic heterocycles. The van der Waals surface area contributed by atoms with Gasteiger partial charge in [-0.25, -0.2) is 4.79 Å². The number of carboxylic acids is 3. The quantitative estimate of drug-likeness (QED) is 0.153. The molecule has 1 aliphatic heterocycles. The Morgan fingerprint density at radius 1 is 1.00 bits per heavy atom. The lowest BCUT2D eigenvalue weighted by molar-refractivity contribution is -0.149. The Morgan fingerprint density at radius 2 is 1.59 bits per heavy atom. The molecule has 0 aromatic carbocycles. The molecular formula is C23H38N4O10. The topological polar surface area (TPSA) is 226 Å². The van der Waals surface area contributed by atoms with Gasteiger partial charge >= 0.3 is 17.9 Å². The van der Waals surface area contributed by atoms with Crippen LogP contribution in [-0.4, -0.2) is 99.8 Å². The van der Waals surface area contributed by atoms with Gasteiger partial charge in [-0.3, -0.25) is 24.0 Å². The summed E-state index contributed by atoms with van der Waals surface area (Å²) in [6, 6.07) is -4.60. The van der Waals surface area contributed by atoms with E-state index in [4.69, 9.17) is 20.7 Å². The largest absolute Gasteiger partial charge is 0.481 e. The number of rotatable bonds is 15. The summed E-state index contributed by atoms with van der Waals surface area (Å²) in [4.78, 5) is 73.3. The summed E-state index contributed by atoms with van der Waals surface area (Å²) in [6.07, 6.45) is -0.744. The number of methoxy groups -OCH3 is 1. The molecule has 1 fully saturated rings. The predicted molar refractivity (Wildman–Crippen MR) is 128 cm³/mol. The van der Waals surface area contributed by atoms with E-state index in [1.165, 1.54) is 12.0 Å². The van der Waals surface area contributed by atoms with Crippen molar-refractivity contribution in [2.75, 3.05) is 13.7 Å². The van der Waals surface area contributed by atoms with Crippen LogP contribution in [-0.2, 0) is 33.5 Å². The predicted octanol–water partition coefficient (Wildman–Crippen LogP) is -0.850. The second kappa shape index (κ2) is 15.1. The molecule has 3 amide bonds. The van der Waals surface area contributed by atoms with Crippen LogP contribution in [0, 0.1) is 5.92 Å². The van der Waals surface area contributed by atoms with Gasteiger partial charge in [-0.1, -0.05) is 13.8 Å². The second-order valence-electron chi connectivity index (χ2n) is 9.51. The molecule has 0 aliphatic carbocycles. The molecule has 0 radical (unpaired) electrons. The first-order valence-electron chi connectivity index (χ1n) is 12.1. The van der Waals surface area contributed by atoms with E-state index in [2.05, 4.69) is 10.6 Å². The molecule has 14 heteroatoms. The highest BCUT2D eigenvalue weighted by Gasteiger charge is 2.39. The number of aliphatic carboxylic acids is 3. The van der Waals surface area contributed by atoms with E-state index in [0.717, 1.165) is 0 Å². The third-order valence-electron chi connectivity index (χ3n) is 6.04. The van der Waals surface area contributed by atoms with Crippen LogP contribution in [0.3, 0.4) is 0 Å². The summed E-state index contributed by atoms with van der Waals surface area (Å²) in [7, 11) is 1.43. The smallest absolute Gasteiger partial charge is 0.326 e. The number of carbonyl (C=O) groups is 6. The van der Waals surface area contributed by atoms with E-state index < -0.39 is 78.7 Å². The molecule has 210 valence electrons. The second-order valence-corrected chi connectivity index (χ2v) is 9.51. The minimum Gasteiger partial charge on any atom is -0.481 e. The van der Waals surface area contributed by atoms with Crippen molar-refractivity contribution in [3.63, 3.8) is 0 Å². The van der Waals surface area contributed by atoms with Crippen LogP contribution in [0.25, 0.3) is 0 Å². The minimum atomic E-state index is -1.61. The summed E-state index contributed by atoms with van der Waals surface area (Å²) >= 11 is 0. The third kappa shape index (κ3) is 10.7. The van der Waals surface area contributed by atoms with Crippen LogP contribution in [0.5, 0.6) is 0 Å². The van der Waals surface area contributed by atoms with Crippen molar-refractivity contribution in [2.24, 2.45) is 11.7 Å². The minimum absolute atomic E-state index is 0.0378. The molecule has 37 heavy (non-hydrogen) atoms. The molecule has 7 N–H and O–H groups in total. The summed E-state index contributed by atoms with van der Waals surface area (Å²) < 4.78 is 5.49. The maximum atomic E-state index is 13.4. The van der Waals surface area contributed by atoms with Gasteiger partial charge in [-0.2, -0.15) is 0 Å². The number of nitrogens with one attached hydrogen (secondary N) is 2. The Labute approximate surface area is 214 Å². The zero-order valence-corrected chi connectivity index (χ0v) is 21.3. The van der Waals surface area contributed by atoms with Gasteiger partial charge in [-0.05, 0) is 31.6 Å². The van der Waals surface area contributed by atoms with Crippen LogP contribution < -0.4 is 16.4 Å². The van der Waals surface area contributed by atoms with E-state index in [1.54, 1.807) is 0 Å². The lowest BCUT2D eigenvalue weighted by atomic mass is 9.93. The first-order valence-corrected chi connectivity index (χ1v) is 12.1. The normalized spacial score (nSPS) is 20.0. The van der Waals surface area contributed by atoms with Crippen molar-refractivity contribution in [1.29, 1.82) is 0 Å². The molecule has 0 bridgehead atoms. The number of piperidine rings is 1. The summed E-state index contributed by atoms with van der Waals surface area (Å²) in [5.41, 5.74) is 5.89. The van der Waals surface area contributed by atoms with Crippen LogP contribution in [0.2, 0.25) is 0 Å². The van der Waals surface area contributed by atoms with Crippen molar-refractivity contribution in [2.45, 2.75) is 89.1 Å². The van der Waals surface area contributed by atoms with E-state index in [9.17, 15) is 33.9 Å². The lowest BCUT2D eigenvalue weighted by Crippen LogP contribution is -2.59. The van der Waals surface area contributed by atoms with Gasteiger partial charge in [0.1, 0.15) is 12.1 Å². The van der Waals surface area contributed by atoms with Crippen molar-refractivity contribution >= 4 is 35.6 Å². The van der Waals surface area contributed by atoms with Gasteiger partial charge < -0.3 is 41.3 Å². The van der Waals surface area contributed by atoms with E-state index in [0.29, 0.717) is 19.3 Å². The standard InChI is InChI=1S/C23H38N4O10/c1-12(2)9-13(24)21(33)26-14(10-19(29)30)22(34)27-8-4-5-17(37-3)16(27)6-7-18(28)25-15(23(35)36)11-20(31)32/h12-17H,4-11,24H2,1-3H3,(H,25,28)(H,26,33)(H,29,30)(H,31,32)(H,35,36)/t13-,14-,15-,16+,17+/m0/s1. The number of ether oxygens (including phenoxy) is 1. The highest BCUT2D eigenvalue weighted by atomic mass is 16.5. The highest BCUT2D eigenvalue weighted by molar-refractivity contribution is 5.92. The molecule has 0 unspecified atom stereocenters. The fraction of sp³-hybridized carbons (Fsp3) is 0.739. The van der Waals surface area contributed by atoms with Crippen LogP contribution in [0.15, 0.2) is 0 Å². The number of amides is 3. The van der Waals surface area contributed by atoms with Gasteiger partial charge in [0, 0.05) is 20.1 Å². The van der Waals surface area contributed by atoms with Crippen molar-refractivity contribution in [1.82, 2.24) is 15.5 Å². The molecule has 0 aromatic rings.